The molecule has 1 amide bonds. The van der Waals surface area contributed by atoms with Gasteiger partial charge < -0.3 is 4.90 Å². The maximum Gasteiger partial charge on any atom is 0.261 e. The molecule has 27 heavy (non-hydrogen) atoms. The van der Waals surface area contributed by atoms with E-state index in [9.17, 15) is 9.59 Å². The van der Waals surface area contributed by atoms with Gasteiger partial charge in [0.1, 0.15) is 0 Å². The minimum Gasteiger partial charge on any atom is -0.344 e. The van der Waals surface area contributed by atoms with Crippen molar-refractivity contribution in [2.75, 3.05) is 13.6 Å². The van der Waals surface area contributed by atoms with Gasteiger partial charge in [-0.1, -0.05) is 36.0 Å². The van der Waals surface area contributed by atoms with Crippen LogP contribution in [0.15, 0.2) is 46.3 Å². The second-order valence-electron chi connectivity index (χ2n) is 6.40. The van der Waals surface area contributed by atoms with Gasteiger partial charge in [-0.05, 0) is 29.8 Å². The van der Waals surface area contributed by atoms with Gasteiger partial charge in [0.2, 0.25) is 5.91 Å². The molecular formula is C20H20N4O2S. The van der Waals surface area contributed by atoms with Crippen LogP contribution in [0.5, 0.6) is 0 Å². The Morgan fingerprint density at radius 2 is 2.00 bits per heavy atom. The Morgan fingerprint density at radius 1 is 1.33 bits per heavy atom. The largest absolute Gasteiger partial charge is 0.344 e. The number of carbonyl (C=O) groups excluding carboxylic acids is 1. The van der Waals surface area contributed by atoms with Gasteiger partial charge in [0.05, 0.1) is 28.6 Å². The third kappa shape index (κ3) is 3.81. The number of amides is 1. The predicted molar refractivity (Wildman–Crippen MR) is 108 cm³/mol. The summed E-state index contributed by atoms with van der Waals surface area (Å²) in [4.78, 5) is 31.4. The zero-order valence-electron chi connectivity index (χ0n) is 15.5. The molecule has 0 spiro atoms. The maximum absolute atomic E-state index is 12.8. The van der Waals surface area contributed by atoms with Crippen LogP contribution in [0, 0.1) is 11.3 Å². The molecule has 0 N–H and O–H groups in total. The molecule has 3 aromatic rings. The van der Waals surface area contributed by atoms with E-state index in [4.69, 9.17) is 5.26 Å². The number of hydrogen-bond acceptors (Lipinski definition) is 5. The molecule has 0 aliphatic heterocycles. The average Bonchev–Trinajstić information content (AvgIpc) is 2.68. The minimum absolute atomic E-state index is 0.0943. The first kappa shape index (κ1) is 18.9. The molecule has 6 nitrogen and oxygen atoms in total. The molecule has 2 aromatic carbocycles. The zero-order chi connectivity index (χ0) is 19.6. The van der Waals surface area contributed by atoms with Crippen LogP contribution in [-0.2, 0) is 11.8 Å². The lowest BCUT2D eigenvalue weighted by Gasteiger charge is -2.20. The first-order chi connectivity index (χ1) is 12.9. The number of carbonyl (C=O) groups is 1. The Bertz CT molecular complexity index is 1120. The van der Waals surface area contributed by atoms with Gasteiger partial charge in [0.15, 0.2) is 5.16 Å². The number of hydrogen-bond donors (Lipinski definition) is 0. The average molecular weight is 380 g/mol. The van der Waals surface area contributed by atoms with Gasteiger partial charge in [0, 0.05) is 20.6 Å². The monoisotopic (exact) mass is 380 g/mol. The normalized spacial score (nSPS) is 12.1. The van der Waals surface area contributed by atoms with Crippen LogP contribution in [0.25, 0.3) is 21.7 Å². The Labute approximate surface area is 161 Å². The summed E-state index contributed by atoms with van der Waals surface area (Å²) in [7, 11) is 3.35. The van der Waals surface area contributed by atoms with Crippen molar-refractivity contribution in [2.24, 2.45) is 7.05 Å². The van der Waals surface area contributed by atoms with Gasteiger partial charge in [-0.15, -0.1) is 0 Å². The summed E-state index contributed by atoms with van der Waals surface area (Å²) < 4.78 is 1.49. The lowest BCUT2D eigenvalue weighted by Crippen LogP contribution is -2.34. The van der Waals surface area contributed by atoms with Crippen molar-refractivity contribution in [3.8, 4) is 6.07 Å². The summed E-state index contributed by atoms with van der Waals surface area (Å²) >= 11 is 1.25. The Morgan fingerprint density at radius 3 is 2.67 bits per heavy atom. The molecule has 3 rings (SSSR count). The topological polar surface area (TPSA) is 79.0 Å². The highest BCUT2D eigenvalue weighted by atomic mass is 32.2. The van der Waals surface area contributed by atoms with E-state index >= 15 is 0 Å². The smallest absolute Gasteiger partial charge is 0.261 e. The summed E-state index contributed by atoms with van der Waals surface area (Å²) in [5.41, 5.74) is 0.488. The number of thioether (sulfide) groups is 1. The quantitative estimate of drug-likeness (QED) is 0.386. The van der Waals surface area contributed by atoms with Crippen LogP contribution >= 0.6 is 11.8 Å². The molecule has 0 saturated heterocycles. The summed E-state index contributed by atoms with van der Waals surface area (Å²) in [5, 5.41) is 11.3. The fourth-order valence-electron chi connectivity index (χ4n) is 2.89. The van der Waals surface area contributed by atoms with Crippen LogP contribution in [-0.4, -0.2) is 39.2 Å². The van der Waals surface area contributed by atoms with Gasteiger partial charge in [-0.2, -0.15) is 5.26 Å². The molecule has 0 unspecified atom stereocenters. The molecular weight excluding hydrogens is 360 g/mol. The van der Waals surface area contributed by atoms with Gasteiger partial charge in [-0.3, -0.25) is 14.2 Å². The summed E-state index contributed by atoms with van der Waals surface area (Å²) in [6.07, 6.45) is 0.291. The summed E-state index contributed by atoms with van der Waals surface area (Å²) in [6.45, 7) is 2.17. The van der Waals surface area contributed by atoms with Crippen LogP contribution in [0.2, 0.25) is 0 Å². The van der Waals surface area contributed by atoms with E-state index in [1.807, 2.05) is 42.5 Å². The van der Waals surface area contributed by atoms with Crippen LogP contribution in [0.4, 0.5) is 0 Å². The number of nitriles is 1. The van der Waals surface area contributed by atoms with Gasteiger partial charge in [0.25, 0.3) is 5.56 Å². The number of rotatable bonds is 5. The standard InChI is InChI=1S/C20H20N4O2S/c1-13(18(25)23(2)10-6-9-21)27-20-22-17-12-15-8-5-4-7-14(15)11-16(17)19(26)24(20)3/h4-5,7-8,11-13H,6,10H2,1-3H3/t13-/m1/s1. The van der Waals surface area contributed by atoms with Crippen molar-refractivity contribution in [3.05, 3.63) is 46.8 Å². The summed E-state index contributed by atoms with van der Waals surface area (Å²) in [6, 6.07) is 13.6. The molecule has 0 bridgehead atoms. The van der Waals surface area contributed by atoms with Crippen molar-refractivity contribution in [1.82, 2.24) is 14.5 Å². The highest BCUT2D eigenvalue weighted by molar-refractivity contribution is 8.00. The number of fused-ring (bicyclic) bond motifs is 2. The van der Waals surface area contributed by atoms with E-state index in [1.165, 1.54) is 21.2 Å². The zero-order valence-corrected chi connectivity index (χ0v) is 16.3. The van der Waals surface area contributed by atoms with Gasteiger partial charge >= 0.3 is 0 Å². The first-order valence-corrected chi connectivity index (χ1v) is 9.48. The Hall–Kier alpha value is -2.85. The third-order valence-corrected chi connectivity index (χ3v) is 5.60. The molecule has 0 aliphatic rings. The SMILES string of the molecule is C[C@@H](Sc1nc2cc3ccccc3cc2c(=O)n1C)C(=O)N(C)CCC#N. The van der Waals surface area contributed by atoms with E-state index in [1.54, 1.807) is 21.0 Å². The fraction of sp³-hybridized carbons (Fsp3) is 0.300. The molecule has 0 radical (unpaired) electrons. The second-order valence-corrected chi connectivity index (χ2v) is 7.71. The molecule has 1 aromatic heterocycles. The second kappa shape index (κ2) is 7.80. The Balaban J connectivity index is 1.96. The van der Waals surface area contributed by atoms with Crippen molar-refractivity contribution in [3.63, 3.8) is 0 Å². The summed E-state index contributed by atoms with van der Waals surface area (Å²) in [5.74, 6) is -0.0943. The molecule has 0 saturated carbocycles. The lowest BCUT2D eigenvalue weighted by atomic mass is 10.1. The minimum atomic E-state index is -0.412. The van der Waals surface area contributed by atoms with E-state index in [2.05, 4.69) is 4.98 Å². The third-order valence-electron chi connectivity index (χ3n) is 4.47. The van der Waals surface area contributed by atoms with Gasteiger partial charge in [-0.25, -0.2) is 4.98 Å². The van der Waals surface area contributed by atoms with Crippen molar-refractivity contribution >= 4 is 39.3 Å². The van der Waals surface area contributed by atoms with Crippen LogP contribution in [0.1, 0.15) is 13.3 Å². The number of nitrogens with zero attached hydrogens (tertiary/aromatic N) is 4. The number of benzene rings is 2. The highest BCUT2D eigenvalue weighted by Crippen LogP contribution is 2.25. The van der Waals surface area contributed by atoms with E-state index in [-0.39, 0.29) is 11.5 Å². The van der Waals surface area contributed by atoms with Crippen molar-refractivity contribution in [1.29, 1.82) is 5.26 Å². The molecule has 1 atom stereocenters. The highest BCUT2D eigenvalue weighted by Gasteiger charge is 2.21. The molecule has 138 valence electrons. The van der Waals surface area contributed by atoms with Crippen molar-refractivity contribution < 1.29 is 4.79 Å². The van der Waals surface area contributed by atoms with E-state index < -0.39 is 5.25 Å². The number of aromatic nitrogens is 2. The predicted octanol–water partition coefficient (Wildman–Crippen LogP) is 2.94. The van der Waals surface area contributed by atoms with E-state index in [0.717, 1.165) is 10.8 Å². The molecule has 0 fully saturated rings. The first-order valence-electron chi connectivity index (χ1n) is 8.60. The molecule has 7 heteroatoms. The molecule has 0 aliphatic carbocycles. The fourth-order valence-corrected chi connectivity index (χ4v) is 3.88. The van der Waals surface area contributed by atoms with Crippen molar-refractivity contribution in [2.45, 2.75) is 23.8 Å². The van der Waals surface area contributed by atoms with E-state index in [0.29, 0.717) is 29.0 Å². The molecule has 1 heterocycles. The van der Waals surface area contributed by atoms with Crippen LogP contribution in [0.3, 0.4) is 0 Å². The maximum atomic E-state index is 12.8. The Kier molecular flexibility index (Phi) is 5.47. The van der Waals surface area contributed by atoms with Crippen LogP contribution < -0.4 is 5.56 Å². The lowest BCUT2D eigenvalue weighted by molar-refractivity contribution is -0.128.